The Bertz CT molecular complexity index is 536. The predicted octanol–water partition coefficient (Wildman–Crippen LogP) is 1.29. The number of methoxy groups -OCH3 is 1. The van der Waals surface area contributed by atoms with Crippen molar-refractivity contribution in [3.63, 3.8) is 0 Å². The van der Waals surface area contributed by atoms with Gasteiger partial charge in [-0.25, -0.2) is 5.43 Å². The minimum Gasteiger partial charge on any atom is -0.496 e. The molecule has 0 aliphatic rings. The first-order valence-electron chi connectivity index (χ1n) is 5.75. The Labute approximate surface area is 107 Å². The molecule has 0 aliphatic carbocycles. The number of rotatable bonds is 4. The first kappa shape index (κ1) is 12.6. The maximum Gasteiger partial charge on any atom is 0.124 e. The van der Waals surface area contributed by atoms with Crippen LogP contribution in [0.5, 0.6) is 5.75 Å². The largest absolute Gasteiger partial charge is 0.496 e. The van der Waals surface area contributed by atoms with Crippen LogP contribution < -0.4 is 16.0 Å². The zero-order valence-corrected chi connectivity index (χ0v) is 10.8. The summed E-state index contributed by atoms with van der Waals surface area (Å²) in [6.45, 7) is 2.03. The number of nitrogens with zero attached hydrogens (tertiary/aromatic N) is 2. The van der Waals surface area contributed by atoms with E-state index in [9.17, 15) is 0 Å². The number of benzene rings is 1. The topological polar surface area (TPSA) is 65.1 Å². The summed E-state index contributed by atoms with van der Waals surface area (Å²) in [7, 11) is 3.54. The Hall–Kier alpha value is -1.85. The number of aromatic nitrogens is 2. The standard InChI is InChI=1S/C13H18N4O/c1-9-4-5-11(12(6-9)18-3)13(16-14)10-7-15-17(2)8-10/h4-8,13,16H,14H2,1-3H3. The van der Waals surface area contributed by atoms with Gasteiger partial charge in [-0.3, -0.25) is 10.5 Å². The van der Waals surface area contributed by atoms with Gasteiger partial charge in [0.15, 0.2) is 0 Å². The molecule has 1 heterocycles. The molecular weight excluding hydrogens is 228 g/mol. The van der Waals surface area contributed by atoms with E-state index in [0.29, 0.717) is 0 Å². The fourth-order valence-corrected chi connectivity index (χ4v) is 2.01. The highest BCUT2D eigenvalue weighted by molar-refractivity contribution is 5.42. The van der Waals surface area contributed by atoms with Gasteiger partial charge >= 0.3 is 0 Å². The van der Waals surface area contributed by atoms with Gasteiger partial charge in [0.2, 0.25) is 0 Å². The van der Waals surface area contributed by atoms with Crippen molar-refractivity contribution in [3.05, 3.63) is 47.3 Å². The van der Waals surface area contributed by atoms with Crippen molar-refractivity contribution in [3.8, 4) is 5.75 Å². The molecule has 0 saturated heterocycles. The van der Waals surface area contributed by atoms with E-state index in [0.717, 1.165) is 22.4 Å². The third-order valence-corrected chi connectivity index (χ3v) is 2.92. The van der Waals surface area contributed by atoms with Crippen molar-refractivity contribution in [2.24, 2.45) is 12.9 Å². The van der Waals surface area contributed by atoms with Crippen LogP contribution in [-0.2, 0) is 7.05 Å². The second-order valence-corrected chi connectivity index (χ2v) is 4.29. The molecular formula is C13H18N4O. The number of aryl methyl sites for hydroxylation is 2. The lowest BCUT2D eigenvalue weighted by Crippen LogP contribution is -2.29. The van der Waals surface area contributed by atoms with Gasteiger partial charge in [-0.2, -0.15) is 5.10 Å². The fourth-order valence-electron chi connectivity index (χ4n) is 2.01. The lowest BCUT2D eigenvalue weighted by atomic mass is 10.00. The van der Waals surface area contributed by atoms with Crippen molar-refractivity contribution in [2.45, 2.75) is 13.0 Å². The number of hydrazine groups is 1. The molecule has 1 aromatic heterocycles. The highest BCUT2D eigenvalue weighted by atomic mass is 16.5. The van der Waals surface area contributed by atoms with Gasteiger partial charge in [-0.05, 0) is 18.6 Å². The molecule has 5 heteroatoms. The number of nitrogens with one attached hydrogen (secondary N) is 1. The molecule has 5 nitrogen and oxygen atoms in total. The van der Waals surface area contributed by atoms with E-state index in [2.05, 4.69) is 10.5 Å². The van der Waals surface area contributed by atoms with E-state index in [-0.39, 0.29) is 6.04 Å². The maximum absolute atomic E-state index is 5.67. The smallest absolute Gasteiger partial charge is 0.124 e. The van der Waals surface area contributed by atoms with Crippen molar-refractivity contribution in [1.29, 1.82) is 0 Å². The summed E-state index contributed by atoms with van der Waals surface area (Å²) >= 11 is 0. The lowest BCUT2D eigenvalue weighted by molar-refractivity contribution is 0.404. The Balaban J connectivity index is 2.44. The Morgan fingerprint density at radius 2 is 2.22 bits per heavy atom. The second kappa shape index (κ2) is 5.20. The molecule has 2 aromatic rings. The molecule has 1 unspecified atom stereocenters. The summed E-state index contributed by atoms with van der Waals surface area (Å²) in [5, 5.41) is 4.16. The Morgan fingerprint density at radius 1 is 1.44 bits per heavy atom. The van der Waals surface area contributed by atoms with Crippen LogP contribution in [0, 0.1) is 6.92 Å². The minimum absolute atomic E-state index is 0.130. The van der Waals surface area contributed by atoms with E-state index in [4.69, 9.17) is 10.6 Å². The monoisotopic (exact) mass is 246 g/mol. The third kappa shape index (κ3) is 2.37. The van der Waals surface area contributed by atoms with Gasteiger partial charge < -0.3 is 4.74 Å². The van der Waals surface area contributed by atoms with Gasteiger partial charge in [0.25, 0.3) is 0 Å². The molecule has 0 fully saturated rings. The average Bonchev–Trinajstić information content (AvgIpc) is 2.78. The minimum atomic E-state index is -0.130. The van der Waals surface area contributed by atoms with E-state index < -0.39 is 0 Å². The number of ether oxygens (including phenoxy) is 1. The summed E-state index contributed by atoms with van der Waals surface area (Å²) in [5.41, 5.74) is 5.96. The molecule has 0 aliphatic heterocycles. The number of hydrogen-bond acceptors (Lipinski definition) is 4. The molecule has 0 saturated carbocycles. The highest BCUT2D eigenvalue weighted by Crippen LogP contribution is 2.30. The zero-order valence-electron chi connectivity index (χ0n) is 10.8. The summed E-state index contributed by atoms with van der Waals surface area (Å²) < 4.78 is 7.16. The molecule has 1 aromatic carbocycles. The zero-order chi connectivity index (χ0) is 13.1. The van der Waals surface area contributed by atoms with Crippen molar-refractivity contribution in [1.82, 2.24) is 15.2 Å². The molecule has 2 rings (SSSR count). The molecule has 96 valence electrons. The van der Waals surface area contributed by atoms with Crippen LogP contribution in [0.4, 0.5) is 0 Å². The van der Waals surface area contributed by atoms with E-state index >= 15 is 0 Å². The van der Waals surface area contributed by atoms with Crippen molar-refractivity contribution in [2.75, 3.05) is 7.11 Å². The summed E-state index contributed by atoms with van der Waals surface area (Å²) in [6, 6.07) is 5.93. The van der Waals surface area contributed by atoms with E-state index in [1.54, 1.807) is 18.0 Å². The van der Waals surface area contributed by atoms with Gasteiger partial charge in [0.1, 0.15) is 5.75 Å². The SMILES string of the molecule is COc1cc(C)ccc1C(NN)c1cnn(C)c1. The van der Waals surface area contributed by atoms with Crippen LogP contribution in [0.15, 0.2) is 30.6 Å². The normalized spacial score (nSPS) is 12.4. The number of hydrogen-bond donors (Lipinski definition) is 2. The first-order valence-corrected chi connectivity index (χ1v) is 5.75. The molecule has 0 amide bonds. The third-order valence-electron chi connectivity index (χ3n) is 2.92. The Morgan fingerprint density at radius 3 is 2.78 bits per heavy atom. The molecule has 0 bridgehead atoms. The van der Waals surface area contributed by atoms with Gasteiger partial charge in [-0.15, -0.1) is 0 Å². The molecule has 18 heavy (non-hydrogen) atoms. The molecule has 3 N–H and O–H groups in total. The van der Waals surface area contributed by atoms with Crippen LogP contribution in [-0.4, -0.2) is 16.9 Å². The average molecular weight is 246 g/mol. The van der Waals surface area contributed by atoms with Crippen LogP contribution in [0.2, 0.25) is 0 Å². The maximum atomic E-state index is 5.67. The predicted molar refractivity (Wildman–Crippen MR) is 70.1 cm³/mol. The summed E-state index contributed by atoms with van der Waals surface area (Å²) in [6.07, 6.45) is 3.73. The van der Waals surface area contributed by atoms with E-state index in [1.807, 2.05) is 38.4 Å². The molecule has 0 spiro atoms. The van der Waals surface area contributed by atoms with Crippen molar-refractivity contribution >= 4 is 0 Å². The van der Waals surface area contributed by atoms with Gasteiger partial charge in [0, 0.05) is 24.4 Å². The van der Waals surface area contributed by atoms with Crippen LogP contribution in [0.3, 0.4) is 0 Å². The van der Waals surface area contributed by atoms with Gasteiger partial charge in [-0.1, -0.05) is 12.1 Å². The van der Waals surface area contributed by atoms with Crippen LogP contribution in [0.25, 0.3) is 0 Å². The van der Waals surface area contributed by atoms with Crippen LogP contribution >= 0.6 is 0 Å². The van der Waals surface area contributed by atoms with E-state index in [1.165, 1.54) is 0 Å². The first-order chi connectivity index (χ1) is 8.65. The van der Waals surface area contributed by atoms with Crippen molar-refractivity contribution < 1.29 is 4.74 Å². The second-order valence-electron chi connectivity index (χ2n) is 4.29. The van der Waals surface area contributed by atoms with Gasteiger partial charge in [0.05, 0.1) is 19.3 Å². The summed E-state index contributed by atoms with van der Waals surface area (Å²) in [5.74, 6) is 6.49. The molecule has 1 atom stereocenters. The summed E-state index contributed by atoms with van der Waals surface area (Å²) in [4.78, 5) is 0. The number of nitrogens with two attached hydrogens (primary N) is 1. The highest BCUT2D eigenvalue weighted by Gasteiger charge is 2.18. The van der Waals surface area contributed by atoms with Crippen LogP contribution in [0.1, 0.15) is 22.7 Å². The fraction of sp³-hybridized carbons (Fsp3) is 0.308. The lowest BCUT2D eigenvalue weighted by Gasteiger charge is -2.18. The molecule has 0 radical (unpaired) electrons. The quantitative estimate of drug-likeness (QED) is 0.630. The Kier molecular flexibility index (Phi) is 3.64.